The summed E-state index contributed by atoms with van der Waals surface area (Å²) >= 11 is 0. The molecular weight excluding hydrogens is 190 g/mol. The Labute approximate surface area is 87.7 Å². The number of hydrogen-bond acceptors (Lipinski definition) is 4. The van der Waals surface area contributed by atoms with Crippen molar-refractivity contribution in [3.05, 3.63) is 41.9 Å². The number of nitrogens with zero attached hydrogens (tertiary/aromatic N) is 3. The molecule has 2 aromatic rings. The summed E-state index contributed by atoms with van der Waals surface area (Å²) in [6.07, 6.45) is 3.49. The van der Waals surface area contributed by atoms with Crippen LogP contribution in [0.2, 0.25) is 0 Å². The van der Waals surface area contributed by atoms with Gasteiger partial charge in [0.15, 0.2) is 0 Å². The molecule has 0 aliphatic rings. The molecule has 5 heteroatoms. The second-order valence-corrected chi connectivity index (χ2v) is 3.37. The molecule has 78 valence electrons. The van der Waals surface area contributed by atoms with E-state index in [1.54, 1.807) is 10.9 Å². The Morgan fingerprint density at radius 3 is 2.80 bits per heavy atom. The van der Waals surface area contributed by atoms with E-state index in [0.29, 0.717) is 5.82 Å². The van der Waals surface area contributed by atoms with Crippen molar-refractivity contribution in [3.63, 3.8) is 0 Å². The van der Waals surface area contributed by atoms with Crippen LogP contribution < -0.4 is 11.5 Å². The van der Waals surface area contributed by atoms with E-state index in [9.17, 15) is 0 Å². The predicted octanol–water partition coefficient (Wildman–Crippen LogP) is 0.445. The summed E-state index contributed by atoms with van der Waals surface area (Å²) in [4.78, 5) is 4.00. The van der Waals surface area contributed by atoms with E-state index in [-0.39, 0.29) is 6.04 Å². The molecule has 0 aliphatic heterocycles. The SMILES string of the molecule is Cn1ccc(C(N)c2cccnc2N)n1. The standard InChI is InChI=1S/C10H13N5/c1-15-6-4-8(14-15)9(11)7-3-2-5-13-10(7)12/h2-6,9H,11H2,1H3,(H2,12,13). The number of aromatic nitrogens is 3. The Bertz CT molecular complexity index is 462. The van der Waals surface area contributed by atoms with Gasteiger partial charge >= 0.3 is 0 Å². The van der Waals surface area contributed by atoms with Crippen LogP contribution in [0.5, 0.6) is 0 Å². The number of hydrogen-bond donors (Lipinski definition) is 2. The van der Waals surface area contributed by atoms with Crippen LogP contribution in [0.25, 0.3) is 0 Å². The zero-order chi connectivity index (χ0) is 10.8. The van der Waals surface area contributed by atoms with Crippen LogP contribution in [0.4, 0.5) is 5.82 Å². The molecule has 0 amide bonds. The van der Waals surface area contributed by atoms with Gasteiger partial charge in [0.05, 0.1) is 11.7 Å². The van der Waals surface area contributed by atoms with Gasteiger partial charge in [-0.3, -0.25) is 4.68 Å². The summed E-state index contributed by atoms with van der Waals surface area (Å²) in [7, 11) is 1.85. The number of nitrogen functional groups attached to an aromatic ring is 1. The van der Waals surface area contributed by atoms with Crippen molar-refractivity contribution in [2.75, 3.05) is 5.73 Å². The van der Waals surface area contributed by atoms with Crippen LogP contribution in [-0.4, -0.2) is 14.8 Å². The maximum Gasteiger partial charge on any atom is 0.128 e. The number of nitrogens with two attached hydrogens (primary N) is 2. The molecule has 15 heavy (non-hydrogen) atoms. The van der Waals surface area contributed by atoms with Crippen molar-refractivity contribution < 1.29 is 0 Å². The number of rotatable bonds is 2. The van der Waals surface area contributed by atoms with Gasteiger partial charge in [0.25, 0.3) is 0 Å². The molecule has 2 aromatic heterocycles. The highest BCUT2D eigenvalue weighted by atomic mass is 15.3. The average molecular weight is 203 g/mol. The molecule has 0 aromatic carbocycles. The van der Waals surface area contributed by atoms with Gasteiger partial charge in [0, 0.05) is 25.0 Å². The zero-order valence-electron chi connectivity index (χ0n) is 8.46. The second kappa shape index (κ2) is 3.70. The van der Waals surface area contributed by atoms with E-state index in [0.717, 1.165) is 11.3 Å². The van der Waals surface area contributed by atoms with Crippen LogP contribution in [0, 0.1) is 0 Å². The lowest BCUT2D eigenvalue weighted by Gasteiger charge is -2.10. The van der Waals surface area contributed by atoms with E-state index in [1.165, 1.54) is 0 Å². The van der Waals surface area contributed by atoms with Crippen LogP contribution in [0.1, 0.15) is 17.3 Å². The van der Waals surface area contributed by atoms with Crippen molar-refractivity contribution in [2.45, 2.75) is 6.04 Å². The normalized spacial score (nSPS) is 12.7. The largest absolute Gasteiger partial charge is 0.383 e. The summed E-state index contributed by atoms with van der Waals surface area (Å²) in [5.74, 6) is 0.454. The molecule has 1 unspecified atom stereocenters. The first-order valence-electron chi connectivity index (χ1n) is 4.64. The van der Waals surface area contributed by atoms with Crippen molar-refractivity contribution in [3.8, 4) is 0 Å². The zero-order valence-corrected chi connectivity index (χ0v) is 8.46. The van der Waals surface area contributed by atoms with Gasteiger partial charge in [-0.25, -0.2) is 4.98 Å². The molecule has 0 radical (unpaired) electrons. The second-order valence-electron chi connectivity index (χ2n) is 3.37. The van der Waals surface area contributed by atoms with Crippen molar-refractivity contribution >= 4 is 5.82 Å². The third kappa shape index (κ3) is 1.82. The summed E-state index contributed by atoms with van der Waals surface area (Å²) < 4.78 is 1.71. The fourth-order valence-corrected chi connectivity index (χ4v) is 1.45. The monoisotopic (exact) mass is 203 g/mol. The Balaban J connectivity index is 2.36. The number of anilines is 1. The van der Waals surface area contributed by atoms with Gasteiger partial charge in [0.2, 0.25) is 0 Å². The van der Waals surface area contributed by atoms with Crippen LogP contribution in [-0.2, 0) is 7.05 Å². The quantitative estimate of drug-likeness (QED) is 0.742. The lowest BCUT2D eigenvalue weighted by molar-refractivity contribution is 0.715. The third-order valence-electron chi connectivity index (χ3n) is 2.26. The topological polar surface area (TPSA) is 82.8 Å². The van der Waals surface area contributed by atoms with Gasteiger partial charge in [0.1, 0.15) is 5.82 Å². The molecule has 0 aliphatic carbocycles. The minimum Gasteiger partial charge on any atom is -0.383 e. The molecule has 0 spiro atoms. The average Bonchev–Trinajstić information content (AvgIpc) is 2.65. The summed E-state index contributed by atoms with van der Waals surface area (Å²) in [6.45, 7) is 0. The predicted molar refractivity (Wildman–Crippen MR) is 57.9 cm³/mol. The highest BCUT2D eigenvalue weighted by Gasteiger charge is 2.14. The number of pyridine rings is 1. The fraction of sp³-hybridized carbons (Fsp3) is 0.200. The van der Waals surface area contributed by atoms with Gasteiger partial charge in [-0.2, -0.15) is 5.10 Å². The van der Waals surface area contributed by atoms with E-state index in [4.69, 9.17) is 11.5 Å². The highest BCUT2D eigenvalue weighted by molar-refractivity contribution is 5.43. The van der Waals surface area contributed by atoms with Gasteiger partial charge in [-0.05, 0) is 12.1 Å². The van der Waals surface area contributed by atoms with Crippen LogP contribution in [0.15, 0.2) is 30.6 Å². The summed E-state index contributed by atoms with van der Waals surface area (Å²) in [6, 6.07) is 5.23. The van der Waals surface area contributed by atoms with Gasteiger partial charge in [-0.1, -0.05) is 6.07 Å². The van der Waals surface area contributed by atoms with E-state index in [2.05, 4.69) is 10.1 Å². The Morgan fingerprint density at radius 2 is 2.20 bits per heavy atom. The molecule has 0 saturated carbocycles. The van der Waals surface area contributed by atoms with E-state index >= 15 is 0 Å². The summed E-state index contributed by atoms with van der Waals surface area (Å²) in [5, 5.41) is 4.24. The first-order chi connectivity index (χ1) is 7.18. The van der Waals surface area contributed by atoms with E-state index in [1.807, 2.05) is 31.4 Å². The van der Waals surface area contributed by atoms with Crippen LogP contribution in [0.3, 0.4) is 0 Å². The fourth-order valence-electron chi connectivity index (χ4n) is 1.45. The van der Waals surface area contributed by atoms with Crippen molar-refractivity contribution in [1.29, 1.82) is 0 Å². The Hall–Kier alpha value is -1.88. The minimum atomic E-state index is -0.320. The molecule has 4 N–H and O–H groups in total. The molecule has 2 rings (SSSR count). The maximum absolute atomic E-state index is 6.03. The van der Waals surface area contributed by atoms with Crippen molar-refractivity contribution in [1.82, 2.24) is 14.8 Å². The molecule has 0 bridgehead atoms. The Kier molecular flexibility index (Phi) is 2.39. The minimum absolute atomic E-state index is 0.320. The van der Waals surface area contributed by atoms with Gasteiger partial charge in [-0.15, -0.1) is 0 Å². The Morgan fingerprint density at radius 1 is 1.40 bits per heavy atom. The van der Waals surface area contributed by atoms with Gasteiger partial charge < -0.3 is 11.5 Å². The lowest BCUT2D eigenvalue weighted by Crippen LogP contribution is -2.15. The first-order valence-corrected chi connectivity index (χ1v) is 4.64. The molecule has 1 atom stereocenters. The summed E-state index contributed by atoms with van der Waals surface area (Å²) in [5.41, 5.74) is 13.4. The third-order valence-corrected chi connectivity index (χ3v) is 2.26. The van der Waals surface area contributed by atoms with Crippen molar-refractivity contribution in [2.24, 2.45) is 12.8 Å². The maximum atomic E-state index is 6.03. The molecule has 2 heterocycles. The first kappa shape index (κ1) is 9.67. The molecule has 0 fully saturated rings. The molecular formula is C10H13N5. The van der Waals surface area contributed by atoms with Crippen LogP contribution >= 0.6 is 0 Å². The highest BCUT2D eigenvalue weighted by Crippen LogP contribution is 2.21. The smallest absolute Gasteiger partial charge is 0.128 e. The van der Waals surface area contributed by atoms with E-state index < -0.39 is 0 Å². The lowest BCUT2D eigenvalue weighted by atomic mass is 10.1. The molecule has 5 nitrogen and oxygen atoms in total. The number of aryl methyl sites for hydroxylation is 1. The molecule has 0 saturated heterocycles.